The van der Waals surface area contributed by atoms with Gasteiger partial charge in [-0.1, -0.05) is 74.5 Å². The molecule has 0 heterocycles. The maximum Gasteiger partial charge on any atom is 0.320 e. The van der Waals surface area contributed by atoms with Crippen LogP contribution in [0, 0.1) is 5.92 Å². The number of esters is 2. The summed E-state index contributed by atoms with van der Waals surface area (Å²) in [5.41, 5.74) is 1.19. The summed E-state index contributed by atoms with van der Waals surface area (Å²) >= 11 is 0. The Morgan fingerprint density at radius 3 is 2.13 bits per heavy atom. The Bertz CT molecular complexity index is 793. The van der Waals surface area contributed by atoms with E-state index < -0.39 is 5.60 Å². The summed E-state index contributed by atoms with van der Waals surface area (Å²) in [6, 6.07) is 19.9. The smallest absolute Gasteiger partial charge is 0.320 e. The van der Waals surface area contributed by atoms with E-state index in [-0.39, 0.29) is 24.4 Å². The van der Waals surface area contributed by atoms with E-state index in [1.165, 1.54) is 0 Å². The number of rotatable bonds is 11. The summed E-state index contributed by atoms with van der Waals surface area (Å²) in [4.78, 5) is 26.4. The zero-order valence-electron chi connectivity index (χ0n) is 18.5. The van der Waals surface area contributed by atoms with Crippen molar-refractivity contribution in [3.05, 3.63) is 71.8 Å². The Kier molecular flexibility index (Phi) is 9.06. The number of hydrogen-bond acceptors (Lipinski definition) is 5. The average Bonchev–Trinajstić information content (AvgIpc) is 2.74. The Hall–Kier alpha value is -2.66. The van der Waals surface area contributed by atoms with E-state index in [4.69, 9.17) is 9.47 Å². The molecule has 0 aliphatic carbocycles. The van der Waals surface area contributed by atoms with Gasteiger partial charge in [0.15, 0.2) is 0 Å². The van der Waals surface area contributed by atoms with Crippen LogP contribution in [0.3, 0.4) is 0 Å². The lowest BCUT2D eigenvalue weighted by Crippen LogP contribution is -2.46. The second kappa shape index (κ2) is 11.5. The van der Waals surface area contributed by atoms with Gasteiger partial charge >= 0.3 is 11.9 Å². The van der Waals surface area contributed by atoms with Crippen LogP contribution in [0.5, 0.6) is 0 Å². The number of ether oxygens (including phenoxy) is 2. The molecule has 0 radical (unpaired) electrons. The van der Waals surface area contributed by atoms with Crippen molar-refractivity contribution in [1.29, 1.82) is 0 Å². The standard InChI is InChI=1S/C25H33NO4/c1-5-23(27)30-25(22-15-11-8-12-16-22,17-21-13-9-7-10-14-21)20(3)18-26(4)19-24(28)29-6-2/h7-16,20H,5-6,17-19H2,1-4H3. The molecule has 0 N–H and O–H groups in total. The minimum atomic E-state index is -0.849. The highest BCUT2D eigenvalue weighted by molar-refractivity contribution is 5.71. The molecule has 0 spiro atoms. The molecule has 0 saturated heterocycles. The van der Waals surface area contributed by atoms with E-state index >= 15 is 0 Å². The summed E-state index contributed by atoms with van der Waals surface area (Å²) in [5, 5.41) is 0. The van der Waals surface area contributed by atoms with Gasteiger partial charge in [-0.2, -0.15) is 0 Å². The fourth-order valence-corrected chi connectivity index (χ4v) is 3.76. The molecular formula is C25H33NO4. The van der Waals surface area contributed by atoms with Crippen LogP contribution in [0.4, 0.5) is 0 Å². The first-order valence-corrected chi connectivity index (χ1v) is 10.6. The third-order valence-electron chi connectivity index (χ3n) is 5.24. The number of carbonyl (C=O) groups excluding carboxylic acids is 2. The van der Waals surface area contributed by atoms with Crippen LogP contribution in [-0.2, 0) is 31.1 Å². The van der Waals surface area contributed by atoms with E-state index in [2.05, 4.69) is 6.92 Å². The summed E-state index contributed by atoms with van der Waals surface area (Å²) < 4.78 is 11.3. The zero-order chi connectivity index (χ0) is 22.0. The topological polar surface area (TPSA) is 55.8 Å². The lowest BCUT2D eigenvalue weighted by molar-refractivity contribution is -0.169. The largest absolute Gasteiger partial charge is 0.465 e. The van der Waals surface area contributed by atoms with Crippen molar-refractivity contribution in [3.8, 4) is 0 Å². The second-order valence-electron chi connectivity index (χ2n) is 7.65. The van der Waals surface area contributed by atoms with Gasteiger partial charge in [-0.3, -0.25) is 14.5 Å². The first-order valence-electron chi connectivity index (χ1n) is 10.6. The van der Waals surface area contributed by atoms with Gasteiger partial charge in [0, 0.05) is 25.3 Å². The Morgan fingerprint density at radius 2 is 1.57 bits per heavy atom. The molecule has 0 amide bonds. The highest BCUT2D eigenvalue weighted by atomic mass is 16.6. The maximum atomic E-state index is 12.5. The number of nitrogens with zero attached hydrogens (tertiary/aromatic N) is 1. The fourth-order valence-electron chi connectivity index (χ4n) is 3.76. The third kappa shape index (κ3) is 6.42. The van der Waals surface area contributed by atoms with Crippen molar-refractivity contribution in [2.45, 2.75) is 39.2 Å². The molecule has 0 bridgehead atoms. The van der Waals surface area contributed by atoms with Gasteiger partial charge in [0.05, 0.1) is 13.2 Å². The number of hydrogen-bond donors (Lipinski definition) is 0. The molecule has 2 aromatic rings. The van der Waals surface area contributed by atoms with Gasteiger partial charge in [-0.25, -0.2) is 0 Å². The lowest BCUT2D eigenvalue weighted by atomic mass is 9.77. The van der Waals surface area contributed by atoms with Gasteiger partial charge in [0.25, 0.3) is 0 Å². The number of carbonyl (C=O) groups is 2. The van der Waals surface area contributed by atoms with Crippen LogP contribution in [0.15, 0.2) is 60.7 Å². The van der Waals surface area contributed by atoms with Crippen LogP contribution in [0.1, 0.15) is 38.3 Å². The number of benzene rings is 2. The van der Waals surface area contributed by atoms with Crippen molar-refractivity contribution < 1.29 is 19.1 Å². The minimum absolute atomic E-state index is 0.0740. The maximum absolute atomic E-state index is 12.5. The van der Waals surface area contributed by atoms with E-state index in [1.807, 2.05) is 72.6 Å². The molecule has 2 aromatic carbocycles. The van der Waals surface area contributed by atoms with Gasteiger partial charge < -0.3 is 9.47 Å². The SMILES string of the molecule is CCOC(=O)CN(C)CC(C)C(Cc1ccccc1)(OC(=O)CC)c1ccccc1. The average molecular weight is 412 g/mol. The van der Waals surface area contributed by atoms with E-state index in [0.29, 0.717) is 26.0 Å². The molecule has 0 aliphatic rings. The molecule has 2 atom stereocenters. The lowest BCUT2D eigenvalue weighted by Gasteiger charge is -2.41. The Labute approximate surface area is 180 Å². The van der Waals surface area contributed by atoms with Crippen LogP contribution < -0.4 is 0 Å². The molecule has 5 heteroatoms. The molecule has 5 nitrogen and oxygen atoms in total. The van der Waals surface area contributed by atoms with Crippen molar-refractivity contribution in [2.75, 3.05) is 26.7 Å². The normalized spacial score (nSPS) is 14.0. The highest BCUT2D eigenvalue weighted by Gasteiger charge is 2.42. The van der Waals surface area contributed by atoms with Gasteiger partial charge in [0.1, 0.15) is 5.60 Å². The van der Waals surface area contributed by atoms with Crippen molar-refractivity contribution >= 4 is 11.9 Å². The molecule has 162 valence electrons. The predicted octanol–water partition coefficient (Wildman–Crippen LogP) is 4.21. The van der Waals surface area contributed by atoms with Gasteiger partial charge in [0.2, 0.25) is 0 Å². The Balaban J connectivity index is 2.41. The molecular weight excluding hydrogens is 378 g/mol. The zero-order valence-corrected chi connectivity index (χ0v) is 18.5. The Morgan fingerprint density at radius 1 is 0.967 bits per heavy atom. The fraction of sp³-hybridized carbons (Fsp3) is 0.440. The van der Waals surface area contributed by atoms with Crippen molar-refractivity contribution in [3.63, 3.8) is 0 Å². The van der Waals surface area contributed by atoms with Crippen LogP contribution in [-0.4, -0.2) is 43.6 Å². The van der Waals surface area contributed by atoms with E-state index in [1.54, 1.807) is 13.8 Å². The highest BCUT2D eigenvalue weighted by Crippen LogP contribution is 2.38. The first-order chi connectivity index (χ1) is 14.4. The molecule has 2 rings (SSSR count). The molecule has 0 fully saturated rings. The third-order valence-corrected chi connectivity index (χ3v) is 5.24. The van der Waals surface area contributed by atoms with Crippen LogP contribution in [0.2, 0.25) is 0 Å². The molecule has 2 unspecified atom stereocenters. The predicted molar refractivity (Wildman–Crippen MR) is 118 cm³/mol. The second-order valence-corrected chi connectivity index (χ2v) is 7.65. The first kappa shape index (κ1) is 23.6. The summed E-state index contributed by atoms with van der Waals surface area (Å²) in [6.07, 6.45) is 0.854. The molecule has 30 heavy (non-hydrogen) atoms. The van der Waals surface area contributed by atoms with Crippen molar-refractivity contribution in [1.82, 2.24) is 4.90 Å². The van der Waals surface area contributed by atoms with E-state index in [9.17, 15) is 9.59 Å². The minimum Gasteiger partial charge on any atom is -0.465 e. The van der Waals surface area contributed by atoms with Gasteiger partial charge in [-0.15, -0.1) is 0 Å². The molecule has 0 aliphatic heterocycles. The van der Waals surface area contributed by atoms with Crippen molar-refractivity contribution in [2.24, 2.45) is 5.92 Å². The number of likely N-dealkylation sites (N-methyl/N-ethyl adjacent to an activating group) is 1. The van der Waals surface area contributed by atoms with E-state index in [0.717, 1.165) is 11.1 Å². The monoisotopic (exact) mass is 411 g/mol. The summed E-state index contributed by atoms with van der Waals surface area (Å²) in [6.45, 7) is 6.79. The van der Waals surface area contributed by atoms with Crippen LogP contribution in [0.25, 0.3) is 0 Å². The van der Waals surface area contributed by atoms with Crippen LogP contribution >= 0.6 is 0 Å². The summed E-state index contributed by atoms with van der Waals surface area (Å²) in [5.74, 6) is -0.573. The van der Waals surface area contributed by atoms with Gasteiger partial charge in [-0.05, 0) is 25.1 Å². The quantitative estimate of drug-likeness (QED) is 0.519. The summed E-state index contributed by atoms with van der Waals surface area (Å²) in [7, 11) is 1.88. The molecule has 0 aromatic heterocycles. The molecule has 0 saturated carbocycles.